The molecule has 0 atom stereocenters. The van der Waals surface area contributed by atoms with Crippen molar-refractivity contribution in [2.45, 2.75) is 0 Å². The van der Waals surface area contributed by atoms with E-state index < -0.39 is 0 Å². The van der Waals surface area contributed by atoms with Crippen molar-refractivity contribution in [1.82, 2.24) is 0 Å². The van der Waals surface area contributed by atoms with E-state index in [1.807, 2.05) is 12.1 Å². The van der Waals surface area contributed by atoms with E-state index >= 15 is 0 Å². The molecule has 0 radical (unpaired) electrons. The van der Waals surface area contributed by atoms with Crippen molar-refractivity contribution in [3.8, 4) is 5.75 Å². The summed E-state index contributed by atoms with van der Waals surface area (Å²) in [7, 11) is 1.70. The van der Waals surface area contributed by atoms with Gasteiger partial charge in [-0.05, 0) is 0 Å². The van der Waals surface area contributed by atoms with E-state index in [1.54, 1.807) is 7.11 Å². The number of hydrogen-bond donors (Lipinski definition) is 0. The maximum absolute atomic E-state index is 5.18. The van der Waals surface area contributed by atoms with Crippen LogP contribution in [0.2, 0.25) is 0 Å². The van der Waals surface area contributed by atoms with E-state index in [-0.39, 0.29) is 0 Å². The topological polar surface area (TPSA) is 9.23 Å². The Hall–Kier alpha value is -1.76. The summed E-state index contributed by atoms with van der Waals surface area (Å²) in [5, 5.41) is 2.62. The fourth-order valence-corrected chi connectivity index (χ4v) is 3.83. The van der Waals surface area contributed by atoms with Gasteiger partial charge in [-0.2, -0.15) is 0 Å². The van der Waals surface area contributed by atoms with Crippen LogP contribution in [0.15, 0.2) is 66.7 Å². The molecule has 0 aliphatic carbocycles. The summed E-state index contributed by atoms with van der Waals surface area (Å²) in [5.41, 5.74) is 0. The van der Waals surface area contributed by atoms with Crippen molar-refractivity contribution in [2.24, 2.45) is 0 Å². The Balaban J connectivity index is 1.87. The molecule has 0 spiro atoms. The van der Waals surface area contributed by atoms with Gasteiger partial charge in [0, 0.05) is 0 Å². The second kappa shape index (κ2) is 5.48. The van der Waals surface area contributed by atoms with Gasteiger partial charge in [-0.3, -0.25) is 0 Å². The van der Waals surface area contributed by atoms with Gasteiger partial charge in [0.1, 0.15) is 0 Å². The van der Waals surface area contributed by atoms with E-state index in [9.17, 15) is 0 Å². The second-order valence-corrected chi connectivity index (χ2v) is 6.69. The van der Waals surface area contributed by atoms with E-state index in [4.69, 9.17) is 4.74 Å². The summed E-state index contributed by atoms with van der Waals surface area (Å²) in [6.45, 7) is 0. The quantitative estimate of drug-likeness (QED) is 0.675. The molecule has 0 aromatic heterocycles. The van der Waals surface area contributed by atoms with Gasteiger partial charge in [-0.15, -0.1) is 0 Å². The van der Waals surface area contributed by atoms with E-state index in [2.05, 4.69) is 54.6 Å². The third kappa shape index (κ3) is 2.81. The summed E-state index contributed by atoms with van der Waals surface area (Å²) in [5.74, 6) is 0.915. The van der Waals surface area contributed by atoms with Crippen LogP contribution in [0.5, 0.6) is 5.75 Å². The van der Waals surface area contributed by atoms with Crippen LogP contribution < -0.4 is 13.7 Å². The van der Waals surface area contributed by atoms with Crippen LogP contribution in [0, 0.1) is 0 Å². The number of fused-ring (bicyclic) bond motifs is 1. The molecule has 3 aromatic rings. The molecule has 94 valence electrons. The molecule has 2 heteroatoms. The first-order chi connectivity index (χ1) is 9.35. The van der Waals surface area contributed by atoms with Crippen LogP contribution in [0.4, 0.5) is 0 Å². The number of benzene rings is 3. The third-order valence-electron chi connectivity index (χ3n) is 3.02. The summed E-state index contributed by atoms with van der Waals surface area (Å²) in [6.07, 6.45) is 0. The monoisotopic (exact) mass is 314 g/mol. The molecule has 0 aliphatic rings. The zero-order valence-electron chi connectivity index (χ0n) is 10.7. The first kappa shape index (κ1) is 12.3. The average Bonchev–Trinajstić information content (AvgIpc) is 2.48. The molecule has 0 bridgehead atoms. The van der Waals surface area contributed by atoms with Crippen LogP contribution in [-0.4, -0.2) is 22.1 Å². The van der Waals surface area contributed by atoms with Crippen LogP contribution in [0.25, 0.3) is 10.8 Å². The molecule has 1 nitrogen and oxygen atoms in total. The number of ether oxygens (including phenoxy) is 1. The molecular formula is C17H14OSe. The molecule has 19 heavy (non-hydrogen) atoms. The summed E-state index contributed by atoms with van der Waals surface area (Å²) < 4.78 is 7.95. The zero-order valence-corrected chi connectivity index (χ0v) is 12.4. The molecular weight excluding hydrogens is 299 g/mol. The van der Waals surface area contributed by atoms with Crippen molar-refractivity contribution in [2.75, 3.05) is 7.11 Å². The van der Waals surface area contributed by atoms with Crippen molar-refractivity contribution in [1.29, 1.82) is 0 Å². The van der Waals surface area contributed by atoms with Gasteiger partial charge in [0.05, 0.1) is 0 Å². The number of hydrogen-bond acceptors (Lipinski definition) is 1. The van der Waals surface area contributed by atoms with Crippen molar-refractivity contribution >= 4 is 34.7 Å². The van der Waals surface area contributed by atoms with Gasteiger partial charge < -0.3 is 0 Å². The minimum absolute atomic E-state index is 0.344. The van der Waals surface area contributed by atoms with Gasteiger partial charge in [0.25, 0.3) is 0 Å². The molecule has 0 saturated carbocycles. The first-order valence-electron chi connectivity index (χ1n) is 6.16. The molecule has 3 rings (SSSR count). The normalized spacial score (nSPS) is 10.6. The SMILES string of the molecule is COc1ccc([Se]c2ccc3ccccc3c2)cc1. The number of rotatable bonds is 3. The molecule has 3 aromatic carbocycles. The molecule has 0 N–H and O–H groups in total. The Bertz CT molecular complexity index is 689. The summed E-state index contributed by atoms with van der Waals surface area (Å²) >= 11 is 0.344. The van der Waals surface area contributed by atoms with Gasteiger partial charge in [-0.25, -0.2) is 0 Å². The molecule has 0 heterocycles. The van der Waals surface area contributed by atoms with E-state index in [0.29, 0.717) is 15.0 Å². The summed E-state index contributed by atoms with van der Waals surface area (Å²) in [6, 6.07) is 23.6. The maximum atomic E-state index is 5.18. The van der Waals surface area contributed by atoms with Crippen LogP contribution in [-0.2, 0) is 0 Å². The number of methoxy groups -OCH3 is 1. The Labute approximate surface area is 119 Å². The summed E-state index contributed by atoms with van der Waals surface area (Å²) in [4.78, 5) is 0. The van der Waals surface area contributed by atoms with Gasteiger partial charge in [-0.1, -0.05) is 0 Å². The molecule has 0 unspecified atom stereocenters. The van der Waals surface area contributed by atoms with Gasteiger partial charge in [0.15, 0.2) is 0 Å². The molecule has 0 amide bonds. The fraction of sp³-hybridized carbons (Fsp3) is 0.0588. The van der Waals surface area contributed by atoms with E-state index in [0.717, 1.165) is 5.75 Å². The molecule has 0 fully saturated rings. The van der Waals surface area contributed by atoms with Gasteiger partial charge >= 0.3 is 119 Å². The first-order valence-corrected chi connectivity index (χ1v) is 7.87. The minimum atomic E-state index is 0.344. The zero-order chi connectivity index (χ0) is 13.1. The van der Waals surface area contributed by atoms with Crippen molar-refractivity contribution < 1.29 is 4.74 Å². The predicted octanol–water partition coefficient (Wildman–Crippen LogP) is 2.50. The Morgan fingerprint density at radius 2 is 1.42 bits per heavy atom. The third-order valence-corrected chi connectivity index (χ3v) is 5.11. The fourth-order valence-electron chi connectivity index (χ4n) is 2.01. The standard InChI is InChI=1S/C17H14OSe/c1-18-15-7-10-16(11-8-15)19-17-9-6-13-4-2-3-5-14(13)12-17/h2-12H,1H3. The van der Waals surface area contributed by atoms with Crippen LogP contribution in [0.1, 0.15) is 0 Å². The Kier molecular flexibility index (Phi) is 3.54. The van der Waals surface area contributed by atoms with Crippen molar-refractivity contribution in [3.05, 3.63) is 66.7 Å². The van der Waals surface area contributed by atoms with Crippen LogP contribution in [0.3, 0.4) is 0 Å². The van der Waals surface area contributed by atoms with E-state index in [1.165, 1.54) is 19.7 Å². The Morgan fingerprint density at radius 3 is 2.16 bits per heavy atom. The van der Waals surface area contributed by atoms with Crippen LogP contribution >= 0.6 is 0 Å². The Morgan fingerprint density at radius 1 is 0.737 bits per heavy atom. The average molecular weight is 313 g/mol. The predicted molar refractivity (Wildman–Crippen MR) is 82.0 cm³/mol. The molecule has 0 aliphatic heterocycles. The molecule has 0 saturated heterocycles. The van der Waals surface area contributed by atoms with Crippen molar-refractivity contribution in [3.63, 3.8) is 0 Å². The second-order valence-electron chi connectivity index (χ2n) is 4.29. The van der Waals surface area contributed by atoms with Gasteiger partial charge in [0.2, 0.25) is 0 Å².